The molecule has 1 amide bonds. The predicted octanol–water partition coefficient (Wildman–Crippen LogP) is 3.45. The number of benzene rings is 3. The van der Waals surface area contributed by atoms with Gasteiger partial charge in [0.05, 0.1) is 11.9 Å². The Balaban J connectivity index is 1.29. The van der Waals surface area contributed by atoms with Gasteiger partial charge in [-0.15, -0.1) is 0 Å². The second-order valence-electron chi connectivity index (χ2n) is 8.84. The van der Waals surface area contributed by atoms with Gasteiger partial charge in [-0.1, -0.05) is 78.9 Å². The molecule has 0 bridgehead atoms. The lowest BCUT2D eigenvalue weighted by Gasteiger charge is -2.16. The van der Waals surface area contributed by atoms with Crippen LogP contribution in [-0.2, 0) is 21.5 Å². The van der Waals surface area contributed by atoms with E-state index in [1.807, 2.05) is 48.5 Å². The van der Waals surface area contributed by atoms with Gasteiger partial charge in [0.25, 0.3) is 11.5 Å². The molecule has 1 aliphatic carbocycles. The molecule has 7 heteroatoms. The summed E-state index contributed by atoms with van der Waals surface area (Å²) in [6.45, 7) is 0.293. The number of hydrogen-bond acceptors (Lipinski definition) is 5. The molecule has 1 fully saturated rings. The lowest BCUT2D eigenvalue weighted by Crippen LogP contribution is -2.35. The average molecular weight is 468 g/mol. The van der Waals surface area contributed by atoms with E-state index in [4.69, 9.17) is 4.74 Å². The van der Waals surface area contributed by atoms with Gasteiger partial charge in [0.1, 0.15) is 0 Å². The van der Waals surface area contributed by atoms with Crippen LogP contribution in [0, 0.1) is 0 Å². The molecular weight excluding hydrogens is 442 g/mol. The number of amides is 1. The summed E-state index contributed by atoms with van der Waals surface area (Å²) in [5.74, 6) is -1.12. The summed E-state index contributed by atoms with van der Waals surface area (Å²) in [6.07, 6.45) is 2.02. The summed E-state index contributed by atoms with van der Waals surface area (Å²) in [7, 11) is 0. The van der Waals surface area contributed by atoms with Crippen LogP contribution >= 0.6 is 0 Å². The molecule has 0 unspecified atom stereocenters. The molecule has 35 heavy (non-hydrogen) atoms. The molecule has 0 atom stereocenters. The minimum Gasteiger partial charge on any atom is -0.451 e. The van der Waals surface area contributed by atoms with E-state index in [2.05, 4.69) is 22.5 Å². The van der Waals surface area contributed by atoms with E-state index >= 15 is 0 Å². The molecule has 7 nitrogen and oxygen atoms in total. The third-order valence-electron chi connectivity index (χ3n) is 6.43. The van der Waals surface area contributed by atoms with E-state index in [1.165, 1.54) is 10.2 Å². The molecule has 1 saturated carbocycles. The minimum absolute atomic E-state index is 0.00637. The fourth-order valence-electron chi connectivity index (χ4n) is 4.28. The maximum absolute atomic E-state index is 13.0. The first kappa shape index (κ1) is 22.5. The Hall–Kier alpha value is -4.26. The smallest absolute Gasteiger partial charge is 0.359 e. The minimum atomic E-state index is -0.748. The highest BCUT2D eigenvalue weighted by Crippen LogP contribution is 2.47. The van der Waals surface area contributed by atoms with E-state index in [0.717, 1.165) is 18.4 Å². The van der Waals surface area contributed by atoms with Crippen LogP contribution in [0.5, 0.6) is 0 Å². The summed E-state index contributed by atoms with van der Waals surface area (Å²) in [5, 5.41) is 7.96. The molecule has 0 radical (unpaired) electrons. The molecule has 0 spiro atoms. The standard InChI is InChI=1S/C28H25N3O4/c32-24(29-19-28(15-16-28)21-11-5-2-6-12-21)18-35-27(34)25-22-13-7-8-14-23(22)26(33)31(30-25)17-20-9-3-1-4-10-20/h1-14H,15-19H2,(H,29,32). The van der Waals surface area contributed by atoms with Crippen LogP contribution in [0.4, 0.5) is 0 Å². The lowest BCUT2D eigenvalue weighted by molar-refractivity contribution is -0.124. The Bertz CT molecular complexity index is 1430. The summed E-state index contributed by atoms with van der Waals surface area (Å²) in [6, 6.07) is 26.3. The van der Waals surface area contributed by atoms with Crippen LogP contribution in [0.2, 0.25) is 0 Å². The SMILES string of the molecule is O=C(COC(=O)c1nn(Cc2ccccc2)c(=O)c2ccccc12)NCC1(c2ccccc2)CC1. The molecule has 1 N–H and O–H groups in total. The third kappa shape index (κ3) is 4.84. The normalized spacial score (nSPS) is 13.8. The number of nitrogens with zero attached hydrogens (tertiary/aromatic N) is 2. The van der Waals surface area contributed by atoms with Crippen molar-refractivity contribution in [1.82, 2.24) is 15.1 Å². The molecule has 0 saturated heterocycles. The van der Waals surface area contributed by atoms with Crippen molar-refractivity contribution >= 4 is 22.6 Å². The van der Waals surface area contributed by atoms with Gasteiger partial charge in [0.2, 0.25) is 0 Å². The van der Waals surface area contributed by atoms with Crippen LogP contribution in [-0.4, -0.2) is 34.8 Å². The van der Waals surface area contributed by atoms with Gasteiger partial charge >= 0.3 is 5.97 Å². The zero-order valence-corrected chi connectivity index (χ0v) is 19.1. The monoisotopic (exact) mass is 467 g/mol. The van der Waals surface area contributed by atoms with E-state index in [1.54, 1.807) is 24.3 Å². The largest absolute Gasteiger partial charge is 0.451 e. The summed E-state index contributed by atoms with van der Waals surface area (Å²) < 4.78 is 6.56. The van der Waals surface area contributed by atoms with Crippen LogP contribution in [0.25, 0.3) is 10.8 Å². The van der Waals surface area contributed by atoms with Crippen molar-refractivity contribution in [3.05, 3.63) is 112 Å². The van der Waals surface area contributed by atoms with Crippen molar-refractivity contribution in [1.29, 1.82) is 0 Å². The van der Waals surface area contributed by atoms with Crippen LogP contribution < -0.4 is 10.9 Å². The fraction of sp³-hybridized carbons (Fsp3) is 0.214. The number of carbonyl (C=O) groups is 2. The average Bonchev–Trinajstić information content (AvgIpc) is 3.70. The topological polar surface area (TPSA) is 90.3 Å². The van der Waals surface area contributed by atoms with Crippen molar-refractivity contribution < 1.29 is 14.3 Å². The van der Waals surface area contributed by atoms with Crippen LogP contribution in [0.15, 0.2) is 89.7 Å². The highest BCUT2D eigenvalue weighted by molar-refractivity contribution is 6.02. The quantitative estimate of drug-likeness (QED) is 0.401. The van der Waals surface area contributed by atoms with E-state index in [0.29, 0.717) is 17.3 Å². The number of esters is 1. The molecule has 5 rings (SSSR count). The fourth-order valence-corrected chi connectivity index (χ4v) is 4.28. The first-order valence-corrected chi connectivity index (χ1v) is 11.6. The first-order valence-electron chi connectivity index (χ1n) is 11.6. The van der Waals surface area contributed by atoms with Crippen molar-refractivity contribution in [3.63, 3.8) is 0 Å². The maximum Gasteiger partial charge on any atom is 0.359 e. The lowest BCUT2D eigenvalue weighted by atomic mass is 9.96. The van der Waals surface area contributed by atoms with Gasteiger partial charge in [-0.3, -0.25) is 9.59 Å². The Labute approximate surface area is 202 Å². The molecule has 1 aromatic heterocycles. The van der Waals surface area contributed by atoms with E-state index in [-0.39, 0.29) is 29.1 Å². The number of nitrogens with one attached hydrogen (secondary N) is 1. The molecule has 1 aliphatic rings. The highest BCUT2D eigenvalue weighted by Gasteiger charge is 2.44. The zero-order valence-electron chi connectivity index (χ0n) is 19.1. The number of fused-ring (bicyclic) bond motifs is 1. The molecule has 3 aromatic carbocycles. The Kier molecular flexibility index (Phi) is 6.14. The highest BCUT2D eigenvalue weighted by atomic mass is 16.5. The Morgan fingerprint density at radius 1 is 0.886 bits per heavy atom. The second-order valence-corrected chi connectivity index (χ2v) is 8.84. The second kappa shape index (κ2) is 9.54. The van der Waals surface area contributed by atoms with Crippen molar-refractivity contribution in [2.24, 2.45) is 0 Å². The Morgan fingerprint density at radius 3 is 2.20 bits per heavy atom. The summed E-state index contributed by atoms with van der Waals surface area (Å²) in [5.41, 5.74) is 1.75. The van der Waals surface area contributed by atoms with Crippen molar-refractivity contribution in [2.45, 2.75) is 24.8 Å². The number of hydrogen-bond donors (Lipinski definition) is 1. The maximum atomic E-state index is 13.0. The molecular formula is C28H25N3O4. The predicted molar refractivity (Wildman–Crippen MR) is 132 cm³/mol. The zero-order chi connectivity index (χ0) is 24.3. The van der Waals surface area contributed by atoms with E-state index < -0.39 is 12.6 Å². The van der Waals surface area contributed by atoms with Gasteiger partial charge in [-0.25, -0.2) is 9.48 Å². The van der Waals surface area contributed by atoms with Gasteiger partial charge < -0.3 is 10.1 Å². The Morgan fingerprint density at radius 2 is 1.51 bits per heavy atom. The van der Waals surface area contributed by atoms with Crippen LogP contribution in [0.3, 0.4) is 0 Å². The van der Waals surface area contributed by atoms with Gasteiger partial charge in [-0.2, -0.15) is 5.10 Å². The number of carbonyl (C=O) groups excluding carboxylic acids is 2. The third-order valence-corrected chi connectivity index (χ3v) is 6.43. The van der Waals surface area contributed by atoms with Crippen molar-refractivity contribution in [2.75, 3.05) is 13.2 Å². The van der Waals surface area contributed by atoms with E-state index in [9.17, 15) is 14.4 Å². The molecule has 1 heterocycles. The van der Waals surface area contributed by atoms with Gasteiger partial charge in [-0.05, 0) is 30.0 Å². The molecule has 176 valence electrons. The van der Waals surface area contributed by atoms with Crippen LogP contribution in [0.1, 0.15) is 34.5 Å². The number of rotatable bonds is 8. The summed E-state index contributed by atoms with van der Waals surface area (Å²) >= 11 is 0. The number of ether oxygens (including phenoxy) is 1. The molecule has 0 aliphatic heterocycles. The van der Waals surface area contributed by atoms with Gasteiger partial charge in [0.15, 0.2) is 12.3 Å². The summed E-state index contributed by atoms with van der Waals surface area (Å²) in [4.78, 5) is 38.3. The van der Waals surface area contributed by atoms with Gasteiger partial charge in [0, 0.05) is 17.3 Å². The van der Waals surface area contributed by atoms with Crippen molar-refractivity contribution in [3.8, 4) is 0 Å². The molecule has 4 aromatic rings. The number of aromatic nitrogens is 2. The first-order chi connectivity index (χ1) is 17.1.